The first-order valence-electron chi connectivity index (χ1n) is 2.86. The summed E-state index contributed by atoms with van der Waals surface area (Å²) in [5.41, 5.74) is 0. The van der Waals surface area contributed by atoms with Crippen molar-refractivity contribution in [2.75, 3.05) is 0 Å². The molecule has 1 nitrogen and oxygen atoms in total. The summed E-state index contributed by atoms with van der Waals surface area (Å²) in [5, 5.41) is 0. The van der Waals surface area contributed by atoms with Gasteiger partial charge in [-0.2, -0.15) is 22.0 Å². The Bertz CT molecular complexity index is 122. The van der Waals surface area contributed by atoms with Gasteiger partial charge in [0.15, 0.2) is 9.76 Å². The van der Waals surface area contributed by atoms with E-state index in [1.165, 1.54) is 0 Å². The summed E-state index contributed by atoms with van der Waals surface area (Å²) in [4.78, 5) is 8.13. The largest absolute Gasteiger partial charge is 0.453 e. The monoisotopic (exact) mass is 194 g/mol. The summed E-state index contributed by atoms with van der Waals surface area (Å²) in [7, 11) is -1.70. The highest BCUT2D eigenvalue weighted by Crippen LogP contribution is 2.38. The predicted molar refractivity (Wildman–Crippen MR) is 31.2 cm³/mol. The Morgan fingerprint density at radius 2 is 1.55 bits per heavy atom. The van der Waals surface area contributed by atoms with Gasteiger partial charge in [-0.05, 0) is 6.04 Å². The fraction of sp³-hybridized carbons (Fsp3) is 1.00. The predicted octanol–water partition coefficient (Wildman–Crippen LogP) is 1.07. The summed E-state index contributed by atoms with van der Waals surface area (Å²) in [6.07, 6.45) is -6.77. The van der Waals surface area contributed by atoms with Crippen molar-refractivity contribution in [2.45, 2.75) is 24.6 Å². The van der Waals surface area contributed by atoms with Gasteiger partial charge in [0, 0.05) is 6.42 Å². The van der Waals surface area contributed by atoms with E-state index in [0.717, 1.165) is 0 Å². The van der Waals surface area contributed by atoms with Crippen LogP contribution in [0.5, 0.6) is 0 Å². The molecule has 0 aromatic rings. The zero-order chi connectivity index (χ0) is 9.12. The summed E-state index contributed by atoms with van der Waals surface area (Å²) in [5.74, 6) is -4.64. The molecule has 68 valence electrons. The second-order valence-corrected chi connectivity index (χ2v) is 3.18. The molecule has 0 aliphatic carbocycles. The quantitative estimate of drug-likeness (QED) is 0.526. The highest BCUT2D eigenvalue weighted by Gasteiger charge is 2.56. The summed E-state index contributed by atoms with van der Waals surface area (Å²) in [6.45, 7) is 0. The zero-order valence-electron chi connectivity index (χ0n) is 5.46. The van der Waals surface area contributed by atoms with Gasteiger partial charge in [-0.25, -0.2) is 0 Å². The standard InChI is InChI=1S/C4H7F5OSi/c5-3(6,1-2-11-10)4(7,8)9/h10H,1-2,11H2. The van der Waals surface area contributed by atoms with Crippen LogP contribution in [0.1, 0.15) is 6.42 Å². The highest BCUT2D eigenvalue weighted by atomic mass is 28.2. The van der Waals surface area contributed by atoms with Crippen molar-refractivity contribution in [3.63, 3.8) is 0 Å². The van der Waals surface area contributed by atoms with Gasteiger partial charge in [-0.1, -0.05) is 0 Å². The van der Waals surface area contributed by atoms with Crippen LogP contribution in [0.15, 0.2) is 0 Å². The number of rotatable bonds is 3. The Balaban J connectivity index is 4.00. The van der Waals surface area contributed by atoms with Gasteiger partial charge in [0.25, 0.3) is 0 Å². The minimum absolute atomic E-state index is 0.410. The fourth-order valence-corrected chi connectivity index (χ4v) is 1.04. The van der Waals surface area contributed by atoms with Crippen LogP contribution in [-0.2, 0) is 0 Å². The first kappa shape index (κ1) is 10.8. The average Bonchev–Trinajstić information content (AvgIpc) is 1.81. The summed E-state index contributed by atoms with van der Waals surface area (Å²) < 4.78 is 57.8. The first-order chi connectivity index (χ1) is 4.81. The molecule has 7 heteroatoms. The van der Waals surface area contributed by atoms with Gasteiger partial charge >= 0.3 is 12.1 Å². The molecule has 0 aromatic heterocycles. The molecule has 0 bridgehead atoms. The molecule has 0 radical (unpaired) electrons. The number of hydrogen-bond donors (Lipinski definition) is 1. The van der Waals surface area contributed by atoms with E-state index >= 15 is 0 Å². The molecule has 0 unspecified atom stereocenters. The van der Waals surface area contributed by atoms with Crippen molar-refractivity contribution in [3.8, 4) is 0 Å². The van der Waals surface area contributed by atoms with Crippen molar-refractivity contribution in [1.82, 2.24) is 0 Å². The second-order valence-electron chi connectivity index (χ2n) is 2.03. The van der Waals surface area contributed by atoms with Gasteiger partial charge in [0.05, 0.1) is 0 Å². The molecule has 1 N–H and O–H groups in total. The van der Waals surface area contributed by atoms with Crippen LogP contribution in [0, 0.1) is 0 Å². The number of hydrogen-bond acceptors (Lipinski definition) is 1. The van der Waals surface area contributed by atoms with Crippen molar-refractivity contribution >= 4 is 9.76 Å². The third kappa shape index (κ3) is 3.15. The molecule has 0 saturated heterocycles. The maximum Gasteiger partial charge on any atom is 0.453 e. The van der Waals surface area contributed by atoms with E-state index in [4.69, 9.17) is 4.80 Å². The molecule has 0 aliphatic rings. The third-order valence-corrected chi connectivity index (χ3v) is 1.73. The Morgan fingerprint density at radius 3 is 1.82 bits per heavy atom. The van der Waals surface area contributed by atoms with Crippen LogP contribution in [0.4, 0.5) is 22.0 Å². The van der Waals surface area contributed by atoms with Crippen LogP contribution in [0.3, 0.4) is 0 Å². The SMILES string of the molecule is O[SiH2]CCC(F)(F)C(F)(F)F. The third-order valence-electron chi connectivity index (χ3n) is 1.06. The van der Waals surface area contributed by atoms with Crippen molar-refractivity contribution in [3.05, 3.63) is 0 Å². The van der Waals surface area contributed by atoms with Crippen LogP contribution >= 0.6 is 0 Å². The molecule has 0 saturated carbocycles. The smallest absolute Gasteiger partial charge is 0.438 e. The normalized spacial score (nSPS) is 14.7. The lowest BCUT2D eigenvalue weighted by Crippen LogP contribution is -2.36. The zero-order valence-corrected chi connectivity index (χ0v) is 6.87. The van der Waals surface area contributed by atoms with Crippen molar-refractivity contribution in [2.24, 2.45) is 0 Å². The van der Waals surface area contributed by atoms with Crippen molar-refractivity contribution < 1.29 is 26.7 Å². The summed E-state index contributed by atoms with van der Waals surface area (Å²) in [6, 6.07) is -0.410. The second kappa shape index (κ2) is 3.48. The average molecular weight is 194 g/mol. The molecule has 11 heavy (non-hydrogen) atoms. The Hall–Kier alpha value is -0.173. The topological polar surface area (TPSA) is 20.2 Å². The Labute approximate surface area is 62.2 Å². The van der Waals surface area contributed by atoms with Gasteiger partial charge in [-0.3, -0.25) is 0 Å². The fourth-order valence-electron chi connectivity index (χ4n) is 0.443. The van der Waals surface area contributed by atoms with E-state index in [-0.39, 0.29) is 0 Å². The maximum atomic E-state index is 11.9. The molecular weight excluding hydrogens is 187 g/mol. The molecule has 0 fully saturated rings. The van der Waals surface area contributed by atoms with Crippen molar-refractivity contribution in [1.29, 1.82) is 0 Å². The molecule has 0 amide bonds. The Kier molecular flexibility index (Phi) is 3.43. The van der Waals surface area contributed by atoms with Crippen LogP contribution in [0.2, 0.25) is 6.04 Å². The Morgan fingerprint density at radius 1 is 1.09 bits per heavy atom. The van der Waals surface area contributed by atoms with Gasteiger partial charge in [-0.15, -0.1) is 0 Å². The summed E-state index contributed by atoms with van der Waals surface area (Å²) >= 11 is 0. The van der Waals surface area contributed by atoms with E-state index in [9.17, 15) is 22.0 Å². The molecule has 0 atom stereocenters. The van der Waals surface area contributed by atoms with Crippen LogP contribution in [-0.4, -0.2) is 26.7 Å². The lowest BCUT2D eigenvalue weighted by atomic mass is 10.2. The molecule has 0 heterocycles. The molecule has 0 rings (SSSR count). The molecular formula is C4H7F5OSi. The van der Waals surface area contributed by atoms with E-state index in [1.54, 1.807) is 0 Å². The lowest BCUT2D eigenvalue weighted by molar-refractivity contribution is -0.282. The van der Waals surface area contributed by atoms with Crippen LogP contribution < -0.4 is 0 Å². The minimum atomic E-state index is -5.48. The molecule has 0 aromatic carbocycles. The number of alkyl halides is 5. The maximum absolute atomic E-state index is 11.9. The molecule has 0 aliphatic heterocycles. The van der Waals surface area contributed by atoms with Gasteiger partial charge in [0.1, 0.15) is 0 Å². The van der Waals surface area contributed by atoms with Gasteiger partial charge < -0.3 is 4.80 Å². The highest BCUT2D eigenvalue weighted by molar-refractivity contribution is 6.25. The van der Waals surface area contributed by atoms with E-state index < -0.39 is 34.3 Å². The van der Waals surface area contributed by atoms with Gasteiger partial charge in [0.2, 0.25) is 0 Å². The molecule has 0 spiro atoms. The lowest BCUT2D eigenvalue weighted by Gasteiger charge is -2.18. The van der Waals surface area contributed by atoms with E-state index in [2.05, 4.69) is 0 Å². The minimum Gasteiger partial charge on any atom is -0.438 e. The van der Waals surface area contributed by atoms with E-state index in [0.29, 0.717) is 0 Å². The number of halogens is 5. The van der Waals surface area contributed by atoms with Crippen LogP contribution in [0.25, 0.3) is 0 Å². The van der Waals surface area contributed by atoms with E-state index in [1.807, 2.05) is 0 Å². The first-order valence-corrected chi connectivity index (χ1v) is 4.50.